The molecule has 0 aliphatic carbocycles. The average Bonchev–Trinajstić information content (AvgIpc) is 2.55. The van der Waals surface area contributed by atoms with Crippen molar-refractivity contribution in [1.29, 1.82) is 0 Å². The van der Waals surface area contributed by atoms with Crippen molar-refractivity contribution in [2.75, 3.05) is 6.54 Å². The molecule has 0 spiro atoms. The van der Waals surface area contributed by atoms with E-state index >= 15 is 0 Å². The van der Waals surface area contributed by atoms with Crippen LogP contribution < -0.4 is 10.9 Å². The van der Waals surface area contributed by atoms with Gasteiger partial charge in [-0.15, -0.1) is 0 Å². The summed E-state index contributed by atoms with van der Waals surface area (Å²) in [5, 5.41) is 3.41. The molecule has 6 heteroatoms. The molecule has 5 nitrogen and oxygen atoms in total. The largest absolute Gasteiger partial charge is 0.355 e. The number of amides is 1. The third-order valence-electron chi connectivity index (χ3n) is 4.07. The second-order valence-electron chi connectivity index (χ2n) is 6.58. The first-order valence-corrected chi connectivity index (χ1v) is 8.78. The molecule has 0 fully saturated rings. The van der Waals surface area contributed by atoms with Crippen molar-refractivity contribution in [3.05, 3.63) is 50.9 Å². The van der Waals surface area contributed by atoms with Crippen LogP contribution >= 0.6 is 11.6 Å². The molecule has 1 amide bonds. The number of carbonyl (C=O) groups is 1. The molecule has 25 heavy (non-hydrogen) atoms. The normalized spacial score (nSPS) is 11.0. The van der Waals surface area contributed by atoms with Gasteiger partial charge in [0, 0.05) is 28.4 Å². The van der Waals surface area contributed by atoms with Gasteiger partial charge in [0.2, 0.25) is 5.91 Å². The lowest BCUT2D eigenvalue weighted by molar-refractivity contribution is -0.121. The van der Waals surface area contributed by atoms with E-state index in [0.717, 1.165) is 6.42 Å². The Morgan fingerprint density at radius 3 is 2.68 bits per heavy atom. The van der Waals surface area contributed by atoms with Crippen molar-refractivity contribution in [3.8, 4) is 11.4 Å². The number of hydrogen-bond donors (Lipinski definition) is 1. The number of hydrogen-bond acceptors (Lipinski definition) is 3. The summed E-state index contributed by atoms with van der Waals surface area (Å²) in [5.74, 6) is 0.763. The summed E-state index contributed by atoms with van der Waals surface area (Å²) in [6.45, 7) is 8.24. The van der Waals surface area contributed by atoms with Gasteiger partial charge in [0.05, 0.1) is 0 Å². The molecule has 0 unspecified atom stereocenters. The topological polar surface area (TPSA) is 64.0 Å². The van der Waals surface area contributed by atoms with Gasteiger partial charge in [-0.1, -0.05) is 37.6 Å². The molecule has 1 N–H and O–H groups in total. The van der Waals surface area contributed by atoms with Crippen molar-refractivity contribution >= 4 is 17.5 Å². The molecular weight excluding hydrogens is 338 g/mol. The SMILES string of the molecule is Cc1nc(-c2cccc(Cl)c2)n(CC(=O)NCCC(C)C)c(=O)c1C. The van der Waals surface area contributed by atoms with Crippen molar-refractivity contribution in [1.82, 2.24) is 14.9 Å². The molecule has 0 radical (unpaired) electrons. The molecular formula is C19H24ClN3O2. The third-order valence-corrected chi connectivity index (χ3v) is 4.30. The smallest absolute Gasteiger partial charge is 0.257 e. The maximum absolute atomic E-state index is 12.7. The number of aryl methyl sites for hydroxylation is 1. The fraction of sp³-hybridized carbons (Fsp3) is 0.421. The van der Waals surface area contributed by atoms with Crippen LogP contribution in [-0.2, 0) is 11.3 Å². The summed E-state index contributed by atoms with van der Waals surface area (Å²) in [6.07, 6.45) is 0.896. The Hall–Kier alpha value is -2.14. The summed E-state index contributed by atoms with van der Waals surface area (Å²) in [6, 6.07) is 7.13. The average molecular weight is 362 g/mol. The van der Waals surface area contributed by atoms with E-state index in [4.69, 9.17) is 11.6 Å². The van der Waals surface area contributed by atoms with E-state index in [9.17, 15) is 9.59 Å². The Bertz CT molecular complexity index is 828. The van der Waals surface area contributed by atoms with E-state index < -0.39 is 0 Å². The Labute approximate surface area is 153 Å². The number of nitrogens with one attached hydrogen (secondary N) is 1. The molecule has 0 atom stereocenters. The minimum atomic E-state index is -0.207. The number of aromatic nitrogens is 2. The summed E-state index contributed by atoms with van der Waals surface area (Å²) in [7, 11) is 0. The van der Waals surface area contributed by atoms with Crippen LogP contribution in [0.15, 0.2) is 29.1 Å². The highest BCUT2D eigenvalue weighted by atomic mass is 35.5. The van der Waals surface area contributed by atoms with Crippen LogP contribution in [-0.4, -0.2) is 22.0 Å². The second-order valence-corrected chi connectivity index (χ2v) is 7.02. The molecule has 2 aromatic rings. The number of benzene rings is 1. The first-order chi connectivity index (χ1) is 11.8. The van der Waals surface area contributed by atoms with Gasteiger partial charge in [-0.2, -0.15) is 0 Å². The first kappa shape index (κ1) is 19.2. The Morgan fingerprint density at radius 1 is 1.32 bits per heavy atom. The van der Waals surface area contributed by atoms with Gasteiger partial charge < -0.3 is 5.32 Å². The minimum Gasteiger partial charge on any atom is -0.355 e. The standard InChI is InChI=1S/C19H24ClN3O2/c1-12(2)8-9-21-17(24)11-23-18(15-6-5-7-16(20)10-15)22-14(4)13(3)19(23)25/h5-7,10,12H,8-9,11H2,1-4H3,(H,21,24). The summed E-state index contributed by atoms with van der Waals surface area (Å²) < 4.78 is 1.42. The number of carbonyl (C=O) groups excluding carboxylic acids is 1. The van der Waals surface area contributed by atoms with E-state index in [0.29, 0.717) is 40.1 Å². The fourth-order valence-electron chi connectivity index (χ4n) is 2.45. The number of rotatable bonds is 6. The van der Waals surface area contributed by atoms with Gasteiger partial charge in [-0.05, 0) is 38.3 Å². The zero-order valence-electron chi connectivity index (χ0n) is 15.1. The van der Waals surface area contributed by atoms with Crippen molar-refractivity contribution in [2.45, 2.75) is 40.7 Å². The maximum atomic E-state index is 12.7. The Morgan fingerprint density at radius 2 is 2.04 bits per heavy atom. The zero-order chi connectivity index (χ0) is 18.6. The van der Waals surface area contributed by atoms with Crippen LogP contribution in [0.25, 0.3) is 11.4 Å². The van der Waals surface area contributed by atoms with E-state index in [2.05, 4.69) is 24.1 Å². The maximum Gasteiger partial charge on any atom is 0.257 e. The molecule has 0 aliphatic heterocycles. The molecule has 1 heterocycles. The lowest BCUT2D eigenvalue weighted by atomic mass is 10.1. The van der Waals surface area contributed by atoms with Gasteiger partial charge in [0.15, 0.2) is 0 Å². The van der Waals surface area contributed by atoms with Gasteiger partial charge in [0.1, 0.15) is 12.4 Å². The minimum absolute atomic E-state index is 0.0626. The van der Waals surface area contributed by atoms with Crippen LogP contribution in [0.1, 0.15) is 31.5 Å². The van der Waals surface area contributed by atoms with Crippen LogP contribution in [0.5, 0.6) is 0 Å². The third kappa shape index (κ3) is 4.92. The van der Waals surface area contributed by atoms with Gasteiger partial charge >= 0.3 is 0 Å². The predicted molar refractivity (Wildman–Crippen MR) is 101 cm³/mol. The van der Waals surface area contributed by atoms with Crippen LogP contribution in [0.3, 0.4) is 0 Å². The van der Waals surface area contributed by atoms with Gasteiger partial charge in [0.25, 0.3) is 5.56 Å². The molecule has 0 aliphatic rings. The molecule has 2 rings (SSSR count). The summed E-state index contributed by atoms with van der Waals surface area (Å²) in [5.41, 5.74) is 1.70. The predicted octanol–water partition coefficient (Wildman–Crippen LogP) is 3.34. The summed E-state index contributed by atoms with van der Waals surface area (Å²) >= 11 is 6.07. The van der Waals surface area contributed by atoms with Crippen molar-refractivity contribution in [2.24, 2.45) is 5.92 Å². The highest BCUT2D eigenvalue weighted by Gasteiger charge is 2.16. The molecule has 134 valence electrons. The zero-order valence-corrected chi connectivity index (χ0v) is 15.9. The fourth-order valence-corrected chi connectivity index (χ4v) is 2.64. The van der Waals surface area contributed by atoms with Crippen molar-refractivity contribution < 1.29 is 4.79 Å². The lowest BCUT2D eigenvalue weighted by Gasteiger charge is -2.15. The molecule has 0 saturated carbocycles. The number of nitrogens with zero attached hydrogens (tertiary/aromatic N) is 2. The second kappa shape index (κ2) is 8.30. The van der Waals surface area contributed by atoms with E-state index in [-0.39, 0.29) is 18.0 Å². The van der Waals surface area contributed by atoms with E-state index in [1.54, 1.807) is 32.0 Å². The Kier molecular flexibility index (Phi) is 6.37. The monoisotopic (exact) mass is 361 g/mol. The molecule has 0 saturated heterocycles. The quantitative estimate of drug-likeness (QED) is 0.858. The first-order valence-electron chi connectivity index (χ1n) is 8.40. The van der Waals surface area contributed by atoms with Crippen LogP contribution in [0.2, 0.25) is 5.02 Å². The van der Waals surface area contributed by atoms with E-state index in [1.807, 2.05) is 6.07 Å². The molecule has 1 aromatic heterocycles. The van der Waals surface area contributed by atoms with Crippen LogP contribution in [0.4, 0.5) is 0 Å². The number of halogens is 1. The molecule has 0 bridgehead atoms. The lowest BCUT2D eigenvalue weighted by Crippen LogP contribution is -2.35. The van der Waals surface area contributed by atoms with Crippen molar-refractivity contribution in [3.63, 3.8) is 0 Å². The molecule has 1 aromatic carbocycles. The van der Waals surface area contributed by atoms with Crippen LogP contribution in [0, 0.1) is 19.8 Å². The summed E-state index contributed by atoms with van der Waals surface area (Å²) in [4.78, 5) is 29.5. The highest BCUT2D eigenvalue weighted by Crippen LogP contribution is 2.21. The van der Waals surface area contributed by atoms with E-state index in [1.165, 1.54) is 4.57 Å². The Balaban J connectivity index is 2.37. The highest BCUT2D eigenvalue weighted by molar-refractivity contribution is 6.30. The van der Waals surface area contributed by atoms with Gasteiger partial charge in [-0.3, -0.25) is 14.2 Å². The van der Waals surface area contributed by atoms with Gasteiger partial charge in [-0.25, -0.2) is 4.98 Å².